The highest BCUT2D eigenvalue weighted by molar-refractivity contribution is 7.16. The summed E-state index contributed by atoms with van der Waals surface area (Å²) in [7, 11) is 0. The van der Waals surface area contributed by atoms with Gasteiger partial charge in [-0.25, -0.2) is 4.79 Å². The number of halogens is 1. The fourth-order valence-corrected chi connectivity index (χ4v) is 6.31. The Morgan fingerprint density at radius 3 is 2.62 bits per heavy atom. The fraction of sp³-hybridized carbons (Fsp3) is 0.214. The third kappa shape index (κ3) is 4.35. The zero-order valence-electron chi connectivity index (χ0n) is 21.2. The predicted molar refractivity (Wildman–Crippen MR) is 154 cm³/mol. The summed E-state index contributed by atoms with van der Waals surface area (Å²) < 4.78 is 7.12. The van der Waals surface area contributed by atoms with Crippen LogP contribution >= 0.6 is 22.9 Å². The number of nitrogens with zero attached hydrogens (tertiary/aromatic N) is 3. The van der Waals surface area contributed by atoms with Crippen LogP contribution in [0, 0.1) is 6.92 Å². The van der Waals surface area contributed by atoms with Gasteiger partial charge in [0.25, 0.3) is 5.56 Å². The zero-order valence-corrected chi connectivity index (χ0v) is 22.8. The molecule has 1 aliphatic carbocycles. The SMILES string of the molecule is CCOC(=O)c1c(N)sc2c1C1=C(CC2)Nc2c(N=Nc3ccc(C)cc3)c(=O)[nH]n2C1c1ccc(Cl)cc1. The molecule has 0 saturated heterocycles. The Labute approximate surface area is 233 Å². The molecule has 6 rings (SSSR count). The first-order valence-electron chi connectivity index (χ1n) is 12.5. The van der Waals surface area contributed by atoms with Gasteiger partial charge in [-0.2, -0.15) is 5.11 Å². The summed E-state index contributed by atoms with van der Waals surface area (Å²) in [6, 6.07) is 14.5. The molecule has 0 amide bonds. The van der Waals surface area contributed by atoms with E-state index in [1.54, 1.807) is 23.7 Å². The number of carbonyl (C=O) groups excluding carboxylic acids is 1. The van der Waals surface area contributed by atoms with Crippen LogP contribution in [0.25, 0.3) is 5.57 Å². The zero-order chi connectivity index (χ0) is 27.3. The second-order valence-corrected chi connectivity index (χ2v) is 10.9. The van der Waals surface area contributed by atoms with E-state index in [-0.39, 0.29) is 17.9 Å². The van der Waals surface area contributed by atoms with E-state index in [1.807, 2.05) is 43.3 Å². The lowest BCUT2D eigenvalue weighted by molar-refractivity contribution is 0.0527. The molecule has 4 N–H and O–H groups in total. The summed E-state index contributed by atoms with van der Waals surface area (Å²) in [6.45, 7) is 3.99. The number of nitrogens with two attached hydrogens (primary N) is 1. The van der Waals surface area contributed by atoms with Crippen molar-refractivity contribution in [2.45, 2.75) is 32.7 Å². The van der Waals surface area contributed by atoms with Crippen LogP contribution in [0.5, 0.6) is 0 Å². The third-order valence-corrected chi connectivity index (χ3v) is 8.20. The highest BCUT2D eigenvalue weighted by atomic mass is 35.5. The van der Waals surface area contributed by atoms with E-state index < -0.39 is 12.0 Å². The molecule has 1 unspecified atom stereocenters. The quantitative estimate of drug-likeness (QED) is 0.184. The Morgan fingerprint density at radius 1 is 1.15 bits per heavy atom. The highest BCUT2D eigenvalue weighted by Gasteiger charge is 2.40. The molecule has 0 fully saturated rings. The van der Waals surface area contributed by atoms with Gasteiger partial charge in [0.1, 0.15) is 16.6 Å². The average molecular weight is 561 g/mol. The first kappa shape index (κ1) is 25.1. The lowest BCUT2D eigenvalue weighted by atomic mass is 9.83. The van der Waals surface area contributed by atoms with Crippen molar-refractivity contribution in [3.63, 3.8) is 0 Å². The average Bonchev–Trinajstić information content (AvgIpc) is 3.42. The molecule has 39 heavy (non-hydrogen) atoms. The molecule has 4 aromatic rings. The molecule has 0 bridgehead atoms. The minimum Gasteiger partial charge on any atom is -0.462 e. The molecule has 11 heteroatoms. The number of rotatable bonds is 5. The van der Waals surface area contributed by atoms with Gasteiger partial charge < -0.3 is 15.8 Å². The van der Waals surface area contributed by atoms with Crippen molar-refractivity contribution in [1.29, 1.82) is 0 Å². The Hall–Kier alpha value is -4.15. The Balaban J connectivity index is 1.54. The number of benzene rings is 2. The number of ether oxygens (including phenoxy) is 1. The molecule has 9 nitrogen and oxygen atoms in total. The molecular formula is C28H25ClN6O3S. The van der Waals surface area contributed by atoms with Gasteiger partial charge in [-0.15, -0.1) is 16.5 Å². The molecule has 0 spiro atoms. The van der Waals surface area contributed by atoms with Gasteiger partial charge in [-0.1, -0.05) is 41.4 Å². The maximum absolute atomic E-state index is 13.2. The monoisotopic (exact) mass is 560 g/mol. The van der Waals surface area contributed by atoms with Crippen LogP contribution in [0.1, 0.15) is 51.3 Å². The molecule has 2 aromatic heterocycles. The lowest BCUT2D eigenvalue weighted by Crippen LogP contribution is -2.28. The van der Waals surface area contributed by atoms with Gasteiger partial charge in [0.2, 0.25) is 0 Å². The first-order valence-corrected chi connectivity index (χ1v) is 13.7. The summed E-state index contributed by atoms with van der Waals surface area (Å²) in [5, 5.41) is 16.0. The van der Waals surface area contributed by atoms with Crippen LogP contribution in [0.4, 0.5) is 22.2 Å². The maximum Gasteiger partial charge on any atom is 0.341 e. The van der Waals surface area contributed by atoms with Crippen LogP contribution < -0.4 is 16.6 Å². The molecule has 0 radical (unpaired) electrons. The Morgan fingerprint density at radius 2 is 1.90 bits per heavy atom. The van der Waals surface area contributed by atoms with Gasteiger partial charge in [-0.3, -0.25) is 14.6 Å². The number of H-pyrrole nitrogens is 1. The van der Waals surface area contributed by atoms with Crippen LogP contribution in [0.2, 0.25) is 5.02 Å². The number of aromatic nitrogens is 2. The maximum atomic E-state index is 13.2. The smallest absolute Gasteiger partial charge is 0.341 e. The van der Waals surface area contributed by atoms with Gasteiger partial charge in [0.05, 0.1) is 12.3 Å². The molecule has 0 saturated carbocycles. The van der Waals surface area contributed by atoms with Crippen LogP contribution in [0.3, 0.4) is 0 Å². The highest BCUT2D eigenvalue weighted by Crippen LogP contribution is 2.51. The van der Waals surface area contributed by atoms with Gasteiger partial charge in [0, 0.05) is 26.7 Å². The van der Waals surface area contributed by atoms with Crippen molar-refractivity contribution in [2.75, 3.05) is 17.7 Å². The minimum atomic E-state index is -0.481. The molecule has 1 atom stereocenters. The van der Waals surface area contributed by atoms with E-state index in [2.05, 4.69) is 20.6 Å². The number of azo groups is 1. The van der Waals surface area contributed by atoms with Gasteiger partial charge in [0.15, 0.2) is 11.5 Å². The lowest BCUT2D eigenvalue weighted by Gasteiger charge is -2.35. The van der Waals surface area contributed by atoms with Crippen molar-refractivity contribution in [3.05, 3.63) is 96.7 Å². The van der Waals surface area contributed by atoms with E-state index >= 15 is 0 Å². The molecule has 198 valence electrons. The van der Waals surface area contributed by atoms with Gasteiger partial charge >= 0.3 is 5.97 Å². The van der Waals surface area contributed by atoms with Crippen LogP contribution in [-0.4, -0.2) is 22.4 Å². The first-order chi connectivity index (χ1) is 18.9. The molecule has 1 aliphatic heterocycles. The van der Waals surface area contributed by atoms with E-state index in [4.69, 9.17) is 22.1 Å². The summed E-state index contributed by atoms with van der Waals surface area (Å²) in [5.41, 5.74) is 11.6. The van der Waals surface area contributed by atoms with Crippen molar-refractivity contribution < 1.29 is 9.53 Å². The molecule has 2 aromatic carbocycles. The Kier molecular flexibility index (Phi) is 6.36. The number of hydrogen-bond donors (Lipinski definition) is 3. The molecule has 2 aliphatic rings. The number of aromatic amines is 1. The number of hydrogen-bond acceptors (Lipinski definition) is 8. The third-order valence-electron chi connectivity index (χ3n) is 6.87. The van der Waals surface area contributed by atoms with E-state index in [1.165, 1.54) is 11.3 Å². The summed E-state index contributed by atoms with van der Waals surface area (Å²) >= 11 is 7.62. The summed E-state index contributed by atoms with van der Waals surface area (Å²) in [6.07, 6.45) is 1.36. The van der Waals surface area contributed by atoms with Gasteiger partial charge in [-0.05, 0) is 56.5 Å². The number of aryl methyl sites for hydroxylation is 2. The normalized spacial score (nSPS) is 16.0. The number of nitrogen functional groups attached to an aromatic ring is 1. The number of carbonyl (C=O) groups is 1. The predicted octanol–water partition coefficient (Wildman–Crippen LogP) is 6.75. The Bertz CT molecular complexity index is 1710. The fourth-order valence-electron chi connectivity index (χ4n) is 5.12. The standard InChI is InChI=1S/C28H25ClN6O3S/c1-3-38-28(37)22-21-19(39-25(22)30)13-12-18-20(21)24(15-6-8-16(29)9-7-15)35-26(31-18)23(27(36)34-35)33-32-17-10-4-14(2)5-11-17/h4-11,24,31H,3,12-13,30H2,1-2H3,(H,34,36). The molecular weight excluding hydrogens is 536 g/mol. The number of esters is 1. The van der Waals surface area contributed by atoms with E-state index in [9.17, 15) is 9.59 Å². The minimum absolute atomic E-state index is 0.169. The van der Waals surface area contributed by atoms with Crippen LogP contribution in [-0.2, 0) is 11.2 Å². The second kappa shape index (κ2) is 9.87. The second-order valence-electron chi connectivity index (χ2n) is 9.37. The van der Waals surface area contributed by atoms with Crippen molar-refractivity contribution >= 4 is 56.7 Å². The largest absolute Gasteiger partial charge is 0.462 e. The summed E-state index contributed by atoms with van der Waals surface area (Å²) in [5.74, 6) is 0.0365. The number of thiophene rings is 1. The van der Waals surface area contributed by atoms with Crippen LogP contribution in [0.15, 0.2) is 69.3 Å². The topological polar surface area (TPSA) is 127 Å². The summed E-state index contributed by atoms with van der Waals surface area (Å²) in [4.78, 5) is 27.3. The number of fused-ring (bicyclic) bond motifs is 3. The number of nitrogens with one attached hydrogen (secondary N) is 2. The van der Waals surface area contributed by atoms with Crippen molar-refractivity contribution in [1.82, 2.24) is 9.78 Å². The van der Waals surface area contributed by atoms with Crippen molar-refractivity contribution in [2.24, 2.45) is 10.2 Å². The number of anilines is 2. The number of allylic oxidation sites excluding steroid dienone is 2. The van der Waals surface area contributed by atoms with Crippen molar-refractivity contribution in [3.8, 4) is 0 Å². The van der Waals surface area contributed by atoms with E-state index in [0.717, 1.165) is 32.8 Å². The van der Waals surface area contributed by atoms with E-state index in [0.29, 0.717) is 39.9 Å². The molecule has 3 heterocycles.